The molecule has 2 saturated carbocycles. The van der Waals surface area contributed by atoms with Crippen molar-refractivity contribution < 1.29 is 14.4 Å². The highest BCUT2D eigenvalue weighted by Crippen LogP contribution is 2.33. The van der Waals surface area contributed by atoms with Crippen LogP contribution in [0.4, 0.5) is 0 Å². The van der Waals surface area contributed by atoms with E-state index in [1.165, 1.54) is 32.1 Å². The lowest BCUT2D eigenvalue weighted by atomic mass is 9.76. The predicted molar refractivity (Wildman–Crippen MR) is 134 cm³/mol. The summed E-state index contributed by atoms with van der Waals surface area (Å²) in [5.41, 5.74) is 9.09. The molecule has 2 aliphatic carbocycles. The van der Waals surface area contributed by atoms with Crippen LogP contribution in [-0.2, 0) is 14.4 Å². The molecule has 0 radical (unpaired) electrons. The van der Waals surface area contributed by atoms with Crippen LogP contribution < -0.4 is 32.3 Å². The number of alkyl halides is 1. The van der Waals surface area contributed by atoms with Crippen LogP contribution in [0, 0.1) is 17.8 Å². The summed E-state index contributed by atoms with van der Waals surface area (Å²) in [5, 5.41) is 10.1. The maximum absolute atomic E-state index is 12.2. The number of carbonyl (C=O) groups excluding carboxylic acids is 2. The molecule has 0 aromatic heterocycles. The molecule has 0 spiro atoms. The third kappa shape index (κ3) is 7.86. The van der Waals surface area contributed by atoms with Gasteiger partial charge in [0.1, 0.15) is 6.23 Å². The van der Waals surface area contributed by atoms with Gasteiger partial charge in [0.15, 0.2) is 0 Å². The number of nitrogens with one attached hydrogen (secondary N) is 6. The first-order valence-electron chi connectivity index (χ1n) is 13.4. The number of rotatable bonds is 11. The molecule has 2 amide bonds. The molecule has 0 aromatic carbocycles. The lowest BCUT2D eigenvalue weighted by Gasteiger charge is -2.41. The maximum Gasteiger partial charge on any atom is 0.237 e. The Morgan fingerprint density at radius 3 is 2.74 bits per heavy atom. The Labute approximate surface area is 212 Å². The zero-order valence-electron chi connectivity index (χ0n) is 20.3. The van der Waals surface area contributed by atoms with Gasteiger partial charge in [-0.25, -0.2) is 5.43 Å². The lowest BCUT2D eigenvalue weighted by molar-refractivity contribution is -0.134. The molecular weight excluding hydrogens is 500 g/mol. The minimum Gasteiger partial charge on any atom is -0.356 e. The first kappa shape index (κ1) is 26.3. The third-order valence-corrected chi connectivity index (χ3v) is 8.85. The van der Waals surface area contributed by atoms with Gasteiger partial charge in [0.2, 0.25) is 11.8 Å². The van der Waals surface area contributed by atoms with Crippen molar-refractivity contribution in [3.05, 3.63) is 0 Å². The van der Waals surface area contributed by atoms with Crippen molar-refractivity contribution in [2.45, 2.75) is 107 Å². The fourth-order valence-electron chi connectivity index (χ4n) is 5.95. The second kappa shape index (κ2) is 13.5. The van der Waals surface area contributed by atoms with Gasteiger partial charge in [-0.15, -0.1) is 0 Å². The van der Waals surface area contributed by atoms with Crippen molar-refractivity contribution in [2.24, 2.45) is 17.8 Å². The van der Waals surface area contributed by atoms with Gasteiger partial charge in [-0.1, -0.05) is 28.8 Å². The van der Waals surface area contributed by atoms with Crippen LogP contribution in [0.2, 0.25) is 0 Å². The largest absolute Gasteiger partial charge is 0.356 e. The zero-order chi connectivity index (χ0) is 23.8. The fourth-order valence-corrected chi connectivity index (χ4v) is 6.48. The molecular formula is C24H43BrN6O3. The molecule has 4 fully saturated rings. The average Bonchev–Trinajstić information content (AvgIpc) is 3.29. The van der Waals surface area contributed by atoms with E-state index < -0.39 is 0 Å². The average molecular weight is 544 g/mol. The second-order valence-corrected chi connectivity index (χ2v) is 11.8. The minimum atomic E-state index is -0.0124. The van der Waals surface area contributed by atoms with Crippen LogP contribution in [0.5, 0.6) is 0 Å². The topological polar surface area (TPSA) is 116 Å². The van der Waals surface area contributed by atoms with Gasteiger partial charge in [0.25, 0.3) is 0 Å². The number of amides is 2. The smallest absolute Gasteiger partial charge is 0.237 e. The highest BCUT2D eigenvalue weighted by molar-refractivity contribution is 9.09. The van der Waals surface area contributed by atoms with Crippen molar-refractivity contribution in [3.8, 4) is 0 Å². The number of halogens is 1. The quantitative estimate of drug-likeness (QED) is 0.175. The molecule has 6 N–H and O–H groups in total. The summed E-state index contributed by atoms with van der Waals surface area (Å²) in [6, 6.07) is 0. The molecule has 0 bridgehead atoms. The van der Waals surface area contributed by atoms with Crippen molar-refractivity contribution in [1.29, 1.82) is 0 Å². The molecule has 5 atom stereocenters. The SMILES string of the molecule is O=C(CCCC1NC(CC2CCC(Br)CC2)NO1)NCCCNC1NNC(=O)C2CCCCC12. The standard InChI is InChI=1S/C24H43BrN6O3/c25-17-11-9-16(10-12-17)15-20-28-22(34-31-20)8-3-7-21(32)26-13-4-14-27-23-18-5-1-2-6-19(18)24(33)30-29-23/h16-20,22-23,27-29,31H,1-15H2,(H,26,32)(H,30,33). The van der Waals surface area contributed by atoms with E-state index in [4.69, 9.17) is 4.84 Å². The van der Waals surface area contributed by atoms with Gasteiger partial charge in [-0.3, -0.25) is 25.2 Å². The molecule has 9 nitrogen and oxygen atoms in total. The Morgan fingerprint density at radius 1 is 1.06 bits per heavy atom. The molecule has 5 unspecified atom stereocenters. The van der Waals surface area contributed by atoms with E-state index in [-0.39, 0.29) is 36.3 Å². The van der Waals surface area contributed by atoms with Crippen LogP contribution in [-0.4, -0.2) is 48.3 Å². The Bertz CT molecular complexity index is 663. The first-order chi connectivity index (χ1) is 16.6. The molecule has 4 aliphatic rings. The van der Waals surface area contributed by atoms with Gasteiger partial charge in [0.05, 0.1) is 12.3 Å². The summed E-state index contributed by atoms with van der Waals surface area (Å²) in [5.74, 6) is 1.49. The van der Waals surface area contributed by atoms with Crippen LogP contribution in [0.3, 0.4) is 0 Å². The Hall–Kier alpha value is -0.780. The zero-order valence-corrected chi connectivity index (χ0v) is 21.8. The van der Waals surface area contributed by atoms with E-state index in [0.717, 1.165) is 57.4 Å². The van der Waals surface area contributed by atoms with Crippen molar-refractivity contribution in [2.75, 3.05) is 13.1 Å². The van der Waals surface area contributed by atoms with Crippen LogP contribution in [0.1, 0.15) is 83.5 Å². The number of carbonyl (C=O) groups is 2. The van der Waals surface area contributed by atoms with Gasteiger partial charge >= 0.3 is 0 Å². The van der Waals surface area contributed by atoms with Crippen LogP contribution in [0.25, 0.3) is 0 Å². The highest BCUT2D eigenvalue weighted by atomic mass is 79.9. The Morgan fingerprint density at radius 2 is 1.88 bits per heavy atom. The summed E-state index contributed by atoms with van der Waals surface area (Å²) < 4.78 is 0. The van der Waals surface area contributed by atoms with Crippen LogP contribution >= 0.6 is 15.9 Å². The van der Waals surface area contributed by atoms with E-state index in [0.29, 0.717) is 23.7 Å². The normalized spacial score (nSPS) is 36.0. The van der Waals surface area contributed by atoms with Gasteiger partial charge in [-0.05, 0) is 76.7 Å². The number of hydrogen-bond donors (Lipinski definition) is 6. The minimum absolute atomic E-state index is 0.0124. The van der Waals surface area contributed by atoms with E-state index >= 15 is 0 Å². The molecule has 4 rings (SSSR count). The summed E-state index contributed by atoms with van der Waals surface area (Å²) in [7, 11) is 0. The lowest BCUT2D eigenvalue weighted by Crippen LogP contribution is -2.64. The van der Waals surface area contributed by atoms with Crippen molar-refractivity contribution in [1.82, 2.24) is 32.3 Å². The Balaban J connectivity index is 1.01. The summed E-state index contributed by atoms with van der Waals surface area (Å²) in [6.07, 6.45) is 14.0. The van der Waals surface area contributed by atoms with Gasteiger partial charge < -0.3 is 10.6 Å². The second-order valence-electron chi connectivity index (χ2n) is 10.5. The van der Waals surface area contributed by atoms with Crippen molar-refractivity contribution >= 4 is 27.7 Å². The number of fused-ring (bicyclic) bond motifs is 1. The van der Waals surface area contributed by atoms with Gasteiger partial charge in [-0.2, -0.15) is 5.48 Å². The predicted octanol–water partition coefficient (Wildman–Crippen LogP) is 2.14. The molecule has 2 saturated heterocycles. The van der Waals surface area contributed by atoms with Crippen LogP contribution in [0.15, 0.2) is 0 Å². The molecule has 2 aliphatic heterocycles. The molecule has 34 heavy (non-hydrogen) atoms. The Kier molecular flexibility index (Phi) is 10.4. The van der Waals surface area contributed by atoms with E-state index in [2.05, 4.69) is 48.2 Å². The number of hydrogen-bond acceptors (Lipinski definition) is 7. The molecule has 10 heteroatoms. The number of hydroxylamine groups is 1. The molecule has 0 aromatic rings. The fraction of sp³-hybridized carbons (Fsp3) is 0.917. The maximum atomic E-state index is 12.2. The monoisotopic (exact) mass is 542 g/mol. The van der Waals surface area contributed by atoms with Crippen molar-refractivity contribution in [3.63, 3.8) is 0 Å². The third-order valence-electron chi connectivity index (χ3n) is 7.93. The summed E-state index contributed by atoms with van der Waals surface area (Å²) in [6.45, 7) is 1.47. The van der Waals surface area contributed by atoms with E-state index in [1.807, 2.05) is 0 Å². The summed E-state index contributed by atoms with van der Waals surface area (Å²) in [4.78, 5) is 30.6. The first-order valence-corrected chi connectivity index (χ1v) is 14.4. The number of hydrazine groups is 1. The molecule has 194 valence electrons. The van der Waals surface area contributed by atoms with E-state index in [1.54, 1.807) is 0 Å². The van der Waals surface area contributed by atoms with E-state index in [9.17, 15) is 9.59 Å². The summed E-state index contributed by atoms with van der Waals surface area (Å²) >= 11 is 3.72. The van der Waals surface area contributed by atoms with Gasteiger partial charge in [0, 0.05) is 29.6 Å². The highest BCUT2D eigenvalue weighted by Gasteiger charge is 2.39. The molecule has 2 heterocycles.